The third-order valence-electron chi connectivity index (χ3n) is 6.24. The molecule has 3 aromatic rings. The first-order valence-electron chi connectivity index (χ1n) is 10.8. The minimum absolute atomic E-state index is 0.114. The number of rotatable bonds is 5. The van der Waals surface area contributed by atoms with Gasteiger partial charge in [0.25, 0.3) is 5.91 Å². The van der Waals surface area contributed by atoms with Gasteiger partial charge in [-0.05, 0) is 35.9 Å². The molecular weight excluding hydrogens is 451 g/mol. The molecule has 0 bridgehead atoms. The Balaban J connectivity index is 1.53. The van der Waals surface area contributed by atoms with Gasteiger partial charge in [0.2, 0.25) is 5.76 Å². The van der Waals surface area contributed by atoms with Crippen LogP contribution in [-0.2, 0) is 4.74 Å². The zero-order valence-electron chi connectivity index (χ0n) is 17.4. The van der Waals surface area contributed by atoms with Gasteiger partial charge in [-0.1, -0.05) is 35.3 Å². The molecule has 0 spiro atoms. The van der Waals surface area contributed by atoms with E-state index < -0.39 is 6.04 Å². The molecule has 0 aliphatic carbocycles. The number of fused-ring (bicyclic) bond motifs is 2. The Labute approximate surface area is 195 Å². The van der Waals surface area contributed by atoms with Gasteiger partial charge in [0.1, 0.15) is 18.7 Å². The Bertz CT molecular complexity index is 1220. The summed E-state index contributed by atoms with van der Waals surface area (Å²) in [6.45, 7) is 4.95. The van der Waals surface area contributed by atoms with Crippen molar-refractivity contribution in [2.75, 3.05) is 39.4 Å². The second kappa shape index (κ2) is 8.87. The van der Waals surface area contributed by atoms with E-state index in [0.717, 1.165) is 44.8 Å². The number of ether oxygens (including phenoxy) is 1. The molecule has 2 aliphatic rings. The molecule has 1 aromatic heterocycles. The number of hydrogen-bond acceptors (Lipinski definition) is 4. The molecule has 1 fully saturated rings. The van der Waals surface area contributed by atoms with Gasteiger partial charge in [-0.15, -0.1) is 0 Å². The van der Waals surface area contributed by atoms with Crippen molar-refractivity contribution < 1.29 is 18.8 Å². The van der Waals surface area contributed by atoms with Gasteiger partial charge < -0.3 is 19.0 Å². The van der Waals surface area contributed by atoms with Gasteiger partial charge in [-0.2, -0.15) is 0 Å². The van der Waals surface area contributed by atoms with Crippen LogP contribution in [0.15, 0.2) is 51.7 Å². The smallest absolute Gasteiger partial charge is 0.290 e. The molecular formula is C24H23Cl2N2O4+. The number of amides is 1. The van der Waals surface area contributed by atoms with E-state index in [9.17, 15) is 9.59 Å². The quantitative estimate of drug-likeness (QED) is 0.618. The van der Waals surface area contributed by atoms with Crippen molar-refractivity contribution in [3.8, 4) is 0 Å². The lowest BCUT2D eigenvalue weighted by Gasteiger charge is -2.27. The summed E-state index contributed by atoms with van der Waals surface area (Å²) in [4.78, 5) is 30.1. The van der Waals surface area contributed by atoms with Gasteiger partial charge in [-0.3, -0.25) is 9.59 Å². The highest BCUT2D eigenvalue weighted by atomic mass is 35.5. The first-order valence-corrected chi connectivity index (χ1v) is 11.5. The predicted octanol–water partition coefficient (Wildman–Crippen LogP) is 2.95. The molecule has 3 heterocycles. The van der Waals surface area contributed by atoms with Gasteiger partial charge in [0, 0.05) is 23.0 Å². The van der Waals surface area contributed by atoms with Crippen LogP contribution in [0.2, 0.25) is 10.0 Å². The van der Waals surface area contributed by atoms with Crippen LogP contribution in [0.5, 0.6) is 0 Å². The summed E-state index contributed by atoms with van der Waals surface area (Å²) in [6, 6.07) is 11.6. The number of nitrogens with zero attached hydrogens (tertiary/aromatic N) is 1. The van der Waals surface area contributed by atoms with E-state index in [-0.39, 0.29) is 17.1 Å². The Morgan fingerprint density at radius 1 is 1.00 bits per heavy atom. The van der Waals surface area contributed by atoms with Crippen molar-refractivity contribution in [3.05, 3.63) is 79.6 Å². The molecule has 5 rings (SSSR count). The fourth-order valence-corrected chi connectivity index (χ4v) is 4.92. The van der Waals surface area contributed by atoms with Crippen LogP contribution in [0.25, 0.3) is 11.0 Å². The Hall–Kier alpha value is -2.38. The van der Waals surface area contributed by atoms with Crippen molar-refractivity contribution in [2.45, 2.75) is 12.5 Å². The number of nitrogens with one attached hydrogen (secondary N) is 1. The lowest BCUT2D eigenvalue weighted by molar-refractivity contribution is -0.908. The van der Waals surface area contributed by atoms with Crippen LogP contribution in [0.4, 0.5) is 0 Å². The summed E-state index contributed by atoms with van der Waals surface area (Å²) < 4.78 is 11.4. The number of benzene rings is 2. The summed E-state index contributed by atoms with van der Waals surface area (Å²) in [7, 11) is 0. The molecule has 8 heteroatoms. The van der Waals surface area contributed by atoms with E-state index in [2.05, 4.69) is 0 Å². The molecule has 1 N–H and O–H groups in total. The maximum absolute atomic E-state index is 13.5. The Kier molecular flexibility index (Phi) is 5.95. The fourth-order valence-electron chi connectivity index (χ4n) is 4.62. The minimum Gasteiger partial charge on any atom is -0.450 e. The second-order valence-corrected chi connectivity index (χ2v) is 9.11. The van der Waals surface area contributed by atoms with Crippen LogP contribution in [0.3, 0.4) is 0 Å². The van der Waals surface area contributed by atoms with Crippen molar-refractivity contribution in [3.63, 3.8) is 0 Å². The van der Waals surface area contributed by atoms with Gasteiger partial charge in [0.05, 0.1) is 36.8 Å². The van der Waals surface area contributed by atoms with E-state index in [1.807, 2.05) is 12.1 Å². The zero-order chi connectivity index (χ0) is 22.2. The molecule has 1 saturated heterocycles. The van der Waals surface area contributed by atoms with Gasteiger partial charge in [0.15, 0.2) is 5.43 Å². The van der Waals surface area contributed by atoms with Crippen LogP contribution in [0, 0.1) is 0 Å². The standard InChI is InChI=1S/C24H22Cl2N2O4/c25-16-4-2-15(3-5-16)21-20-22(29)18-14-17(26)6-7-19(18)32-23(20)24(30)28(21)9-1-8-27-10-12-31-13-11-27/h2-7,14,21H,1,8-13H2/p+1/t21-/m0/s1. The number of carbonyl (C=O) groups excluding carboxylic acids is 1. The molecule has 32 heavy (non-hydrogen) atoms. The minimum atomic E-state index is -0.519. The number of carbonyl (C=O) groups is 1. The van der Waals surface area contributed by atoms with Crippen molar-refractivity contribution >= 4 is 40.1 Å². The topological polar surface area (TPSA) is 64.2 Å². The highest BCUT2D eigenvalue weighted by molar-refractivity contribution is 6.31. The number of hydrogen-bond donors (Lipinski definition) is 1. The highest BCUT2D eigenvalue weighted by Crippen LogP contribution is 2.38. The molecule has 166 valence electrons. The maximum atomic E-state index is 13.5. The van der Waals surface area contributed by atoms with E-state index in [1.165, 1.54) is 4.90 Å². The maximum Gasteiger partial charge on any atom is 0.290 e. The van der Waals surface area contributed by atoms with Crippen molar-refractivity contribution in [1.82, 2.24) is 4.90 Å². The summed E-state index contributed by atoms with van der Waals surface area (Å²) >= 11 is 12.2. The average Bonchev–Trinajstić information content (AvgIpc) is 3.08. The van der Waals surface area contributed by atoms with Crippen molar-refractivity contribution in [2.24, 2.45) is 0 Å². The molecule has 1 atom stereocenters. The molecule has 2 aromatic carbocycles. The SMILES string of the molecule is O=C1c2oc3ccc(Cl)cc3c(=O)c2[C@H](c2ccc(Cl)cc2)N1CCC[NH+]1CCOCC1. The Morgan fingerprint density at radius 2 is 1.72 bits per heavy atom. The number of halogens is 2. The van der Waals surface area contributed by atoms with Crippen LogP contribution < -0.4 is 10.3 Å². The second-order valence-electron chi connectivity index (χ2n) is 8.23. The zero-order valence-corrected chi connectivity index (χ0v) is 18.9. The fraction of sp³-hybridized carbons (Fsp3) is 0.333. The predicted molar refractivity (Wildman–Crippen MR) is 123 cm³/mol. The average molecular weight is 474 g/mol. The summed E-state index contributed by atoms with van der Waals surface area (Å²) in [6.07, 6.45) is 0.818. The first kappa shape index (κ1) is 21.5. The van der Waals surface area contributed by atoms with Gasteiger partial charge in [-0.25, -0.2) is 0 Å². The summed E-state index contributed by atoms with van der Waals surface area (Å²) in [5.41, 5.74) is 1.33. The van der Waals surface area contributed by atoms with Crippen molar-refractivity contribution in [1.29, 1.82) is 0 Å². The number of quaternary nitrogens is 1. The normalized spacial score (nSPS) is 19.0. The van der Waals surface area contributed by atoms with Crippen LogP contribution >= 0.6 is 23.2 Å². The largest absolute Gasteiger partial charge is 0.450 e. The third kappa shape index (κ3) is 3.92. The molecule has 0 unspecified atom stereocenters. The number of morpholine rings is 1. The molecule has 0 saturated carbocycles. The lowest BCUT2D eigenvalue weighted by atomic mass is 9.98. The van der Waals surface area contributed by atoms with E-state index in [0.29, 0.717) is 33.1 Å². The van der Waals surface area contributed by atoms with E-state index in [1.54, 1.807) is 35.2 Å². The summed E-state index contributed by atoms with van der Waals surface area (Å²) in [5, 5.41) is 1.42. The Morgan fingerprint density at radius 3 is 2.47 bits per heavy atom. The van der Waals surface area contributed by atoms with Gasteiger partial charge >= 0.3 is 0 Å². The monoisotopic (exact) mass is 473 g/mol. The molecule has 2 aliphatic heterocycles. The molecule has 6 nitrogen and oxygen atoms in total. The summed E-state index contributed by atoms with van der Waals surface area (Å²) in [5.74, 6) is -0.144. The highest BCUT2D eigenvalue weighted by Gasteiger charge is 2.42. The van der Waals surface area contributed by atoms with E-state index >= 15 is 0 Å². The molecule has 1 amide bonds. The van der Waals surface area contributed by atoms with E-state index in [4.69, 9.17) is 32.4 Å². The molecule has 0 radical (unpaired) electrons. The lowest BCUT2D eigenvalue weighted by Crippen LogP contribution is -3.14. The van der Waals surface area contributed by atoms with Crippen LogP contribution in [-0.4, -0.2) is 50.2 Å². The first-order chi connectivity index (χ1) is 15.5. The third-order valence-corrected chi connectivity index (χ3v) is 6.73. The van der Waals surface area contributed by atoms with Crippen LogP contribution in [0.1, 0.15) is 34.1 Å².